The fourth-order valence-corrected chi connectivity index (χ4v) is 5.46. The lowest BCUT2D eigenvalue weighted by atomic mass is 9.78. The van der Waals surface area contributed by atoms with E-state index in [1.54, 1.807) is 0 Å². The minimum absolute atomic E-state index is 1.03. The van der Waals surface area contributed by atoms with Crippen LogP contribution in [0.4, 0.5) is 13.2 Å². The van der Waals surface area contributed by atoms with Gasteiger partial charge in [0.1, 0.15) is 0 Å². The van der Waals surface area contributed by atoms with Crippen molar-refractivity contribution in [3.05, 3.63) is 100 Å². The Balaban J connectivity index is 0.000000323. The Bertz CT molecular complexity index is 1640. The molecule has 8 heteroatoms. The highest BCUT2D eigenvalue weighted by molar-refractivity contribution is 7.86. The molecule has 6 rings (SSSR count). The van der Waals surface area contributed by atoms with Crippen LogP contribution in [0, 0.1) is 13.8 Å². The van der Waals surface area contributed by atoms with Crippen molar-refractivity contribution in [2.24, 2.45) is 0 Å². The summed E-state index contributed by atoms with van der Waals surface area (Å²) in [5.74, 6) is 2.16. The Hall–Kier alpha value is -3.49. The summed E-state index contributed by atoms with van der Waals surface area (Å²) in [4.78, 5) is 0. The van der Waals surface area contributed by atoms with Gasteiger partial charge in [0.15, 0.2) is 10.1 Å². The second-order valence-corrected chi connectivity index (χ2v) is 10.9. The van der Waals surface area contributed by atoms with E-state index >= 15 is 0 Å². The second kappa shape index (κ2) is 9.67. The summed E-state index contributed by atoms with van der Waals surface area (Å²) in [5.41, 5.74) is 7.95. The Morgan fingerprint density at radius 3 is 1.95 bits per heavy atom. The first-order chi connectivity index (χ1) is 18.0. The minimum Gasteiger partial charge on any atom is -0.741 e. The maximum atomic E-state index is 10.7. The number of benzene rings is 3. The van der Waals surface area contributed by atoms with Gasteiger partial charge >= 0.3 is 17.0 Å². The first kappa shape index (κ1) is 26.1. The minimum atomic E-state index is -6.09. The van der Waals surface area contributed by atoms with Crippen LogP contribution in [0.25, 0.3) is 33.8 Å². The molecule has 0 aliphatic heterocycles. The number of hydrogen-bond donors (Lipinski definition) is 0. The number of alkyl halides is 3. The molecule has 0 fully saturated rings. The highest BCUT2D eigenvalue weighted by atomic mass is 32.2. The van der Waals surface area contributed by atoms with Crippen molar-refractivity contribution in [3.63, 3.8) is 0 Å². The van der Waals surface area contributed by atoms with Crippen LogP contribution in [0.2, 0.25) is 0 Å². The molecule has 0 bridgehead atoms. The zero-order valence-electron chi connectivity index (χ0n) is 20.9. The standard InChI is InChI=1S/C29H25O.CHF3O3S/c1-18-12-13-19(2)26-22(18)16-17-25-27(21-9-4-3-5-10-21)24-15-14-20-8-6-7-11-23(20)28(24)30-29(25)26;2-1(3,4)8(5,6)7/h3-13H,14-17H2,1-2H3;(H,5,6,7)/q+1;/p-1. The molecule has 0 atom stereocenters. The Kier molecular flexibility index (Phi) is 6.65. The van der Waals surface area contributed by atoms with Crippen molar-refractivity contribution < 1.29 is 30.6 Å². The lowest BCUT2D eigenvalue weighted by molar-refractivity contribution is -0.0517. The molecule has 0 saturated carbocycles. The van der Waals surface area contributed by atoms with E-state index in [2.05, 4.69) is 80.6 Å². The summed E-state index contributed by atoms with van der Waals surface area (Å²) in [7, 11) is -6.09. The number of aryl methyl sites for hydroxylation is 3. The highest BCUT2D eigenvalue weighted by Crippen LogP contribution is 2.48. The third kappa shape index (κ3) is 4.63. The topological polar surface area (TPSA) is 68.5 Å². The van der Waals surface area contributed by atoms with E-state index in [0.717, 1.165) is 37.2 Å². The molecule has 0 spiro atoms. The SMILES string of the molecule is Cc1ccc(C)c2c1CCc1c-2[o+]c2c(c1-c1ccccc1)CCc1ccccc1-2.O=S(=O)([O-])C(F)(F)F. The fraction of sp³-hybridized carbons (Fsp3) is 0.233. The van der Waals surface area contributed by atoms with E-state index in [-0.39, 0.29) is 0 Å². The Morgan fingerprint density at radius 1 is 0.711 bits per heavy atom. The molecular formula is C30H25F3O4S. The normalized spacial score (nSPS) is 13.8. The summed E-state index contributed by atoms with van der Waals surface area (Å²) in [5, 5.41) is 0. The van der Waals surface area contributed by atoms with Crippen LogP contribution in [-0.2, 0) is 35.8 Å². The number of rotatable bonds is 1. The molecule has 38 heavy (non-hydrogen) atoms. The van der Waals surface area contributed by atoms with Crippen molar-refractivity contribution in [3.8, 4) is 33.8 Å². The predicted octanol–water partition coefficient (Wildman–Crippen LogP) is 7.43. The van der Waals surface area contributed by atoms with E-state index in [1.807, 2.05) is 0 Å². The van der Waals surface area contributed by atoms with Crippen LogP contribution in [0.3, 0.4) is 0 Å². The van der Waals surface area contributed by atoms with Gasteiger partial charge in [-0.15, -0.1) is 0 Å². The van der Waals surface area contributed by atoms with Crippen LogP contribution in [0.15, 0.2) is 71.1 Å². The molecule has 196 valence electrons. The van der Waals surface area contributed by atoms with Crippen LogP contribution < -0.4 is 0 Å². The van der Waals surface area contributed by atoms with Crippen molar-refractivity contribution in [2.45, 2.75) is 45.0 Å². The molecule has 4 nitrogen and oxygen atoms in total. The zero-order valence-corrected chi connectivity index (χ0v) is 21.7. The van der Waals surface area contributed by atoms with Gasteiger partial charge in [0.2, 0.25) is 0 Å². The molecule has 0 N–H and O–H groups in total. The van der Waals surface area contributed by atoms with Crippen molar-refractivity contribution in [2.75, 3.05) is 0 Å². The van der Waals surface area contributed by atoms with Crippen LogP contribution in [0.1, 0.15) is 33.4 Å². The van der Waals surface area contributed by atoms with Gasteiger partial charge in [-0.1, -0.05) is 60.7 Å². The van der Waals surface area contributed by atoms with Gasteiger partial charge < -0.3 is 4.55 Å². The molecule has 3 aromatic carbocycles. The molecule has 2 aliphatic rings. The molecule has 0 amide bonds. The van der Waals surface area contributed by atoms with E-state index in [0.29, 0.717) is 0 Å². The first-order valence-electron chi connectivity index (χ1n) is 12.2. The fourth-order valence-electron chi connectivity index (χ4n) is 5.46. The molecule has 0 saturated heterocycles. The van der Waals surface area contributed by atoms with Gasteiger partial charge in [0.05, 0.1) is 22.3 Å². The summed E-state index contributed by atoms with van der Waals surface area (Å²) in [6.07, 6.45) is 4.23. The average Bonchev–Trinajstić information content (AvgIpc) is 2.88. The van der Waals surface area contributed by atoms with E-state index in [9.17, 15) is 13.2 Å². The monoisotopic (exact) mass is 538 g/mol. The first-order valence-corrected chi connectivity index (χ1v) is 13.7. The van der Waals surface area contributed by atoms with Crippen molar-refractivity contribution in [1.29, 1.82) is 0 Å². The van der Waals surface area contributed by atoms with Gasteiger partial charge in [-0.25, -0.2) is 12.8 Å². The van der Waals surface area contributed by atoms with Crippen LogP contribution in [0.5, 0.6) is 0 Å². The zero-order chi connectivity index (χ0) is 27.2. The molecule has 2 aliphatic carbocycles. The number of halogens is 3. The number of hydrogen-bond acceptors (Lipinski definition) is 3. The quantitative estimate of drug-likeness (QED) is 0.144. The third-order valence-corrected chi connectivity index (χ3v) is 7.78. The smallest absolute Gasteiger partial charge is 0.485 e. The second-order valence-electron chi connectivity index (χ2n) is 9.57. The van der Waals surface area contributed by atoms with Crippen molar-refractivity contribution >= 4 is 10.1 Å². The molecule has 0 unspecified atom stereocenters. The molecule has 4 aromatic rings. The predicted molar refractivity (Wildman–Crippen MR) is 139 cm³/mol. The number of fused-ring (bicyclic) bond motifs is 6. The van der Waals surface area contributed by atoms with E-state index in [4.69, 9.17) is 17.4 Å². The highest BCUT2D eigenvalue weighted by Gasteiger charge is 2.39. The maximum absolute atomic E-state index is 10.7. The third-order valence-electron chi connectivity index (χ3n) is 7.22. The van der Waals surface area contributed by atoms with Gasteiger partial charge in [0.25, 0.3) is 0 Å². The molecule has 0 radical (unpaired) electrons. The van der Waals surface area contributed by atoms with E-state index in [1.165, 1.54) is 55.6 Å². The maximum Gasteiger partial charge on any atom is 0.485 e. The summed E-state index contributed by atoms with van der Waals surface area (Å²) >= 11 is 0. The van der Waals surface area contributed by atoms with Gasteiger partial charge in [-0.2, -0.15) is 13.2 Å². The van der Waals surface area contributed by atoms with Gasteiger partial charge in [0, 0.05) is 5.56 Å². The molecule has 1 aromatic heterocycles. The average molecular weight is 539 g/mol. The van der Waals surface area contributed by atoms with Crippen LogP contribution in [-0.4, -0.2) is 18.5 Å². The summed E-state index contributed by atoms with van der Waals surface area (Å²) < 4.78 is 65.8. The summed E-state index contributed by atoms with van der Waals surface area (Å²) in [6, 6.07) is 24.2. The lowest BCUT2D eigenvalue weighted by Gasteiger charge is -2.23. The summed E-state index contributed by atoms with van der Waals surface area (Å²) in [6.45, 7) is 4.45. The Morgan fingerprint density at radius 2 is 1.26 bits per heavy atom. The lowest BCUT2D eigenvalue weighted by Crippen LogP contribution is -2.21. The Labute approximate surface area is 219 Å². The molecular weight excluding hydrogens is 513 g/mol. The molecule has 1 heterocycles. The van der Waals surface area contributed by atoms with Crippen LogP contribution >= 0.6 is 0 Å². The largest absolute Gasteiger partial charge is 0.741 e. The van der Waals surface area contributed by atoms with Crippen molar-refractivity contribution in [1.82, 2.24) is 0 Å². The van der Waals surface area contributed by atoms with Gasteiger partial charge in [-0.05, 0) is 73.4 Å². The van der Waals surface area contributed by atoms with E-state index < -0.39 is 15.6 Å². The van der Waals surface area contributed by atoms with Gasteiger partial charge in [-0.3, -0.25) is 0 Å².